The van der Waals surface area contributed by atoms with Gasteiger partial charge >= 0.3 is 0 Å². The Morgan fingerprint density at radius 2 is 1.92 bits per heavy atom. The molecule has 0 saturated carbocycles. The maximum absolute atomic E-state index is 11.0. The lowest BCUT2D eigenvalue weighted by Gasteiger charge is -2.35. The number of amides is 1. The highest BCUT2D eigenvalue weighted by molar-refractivity contribution is 5.77. The van der Waals surface area contributed by atoms with Crippen LogP contribution in [0.3, 0.4) is 0 Å². The Balaban J connectivity index is 2.49. The maximum Gasteiger partial charge on any atom is 0.252 e. The Hall–Kier alpha value is -0.610. The zero-order chi connectivity index (χ0) is 9.14. The van der Waals surface area contributed by atoms with Gasteiger partial charge in [-0.3, -0.25) is 4.79 Å². The Labute approximate surface area is 72.6 Å². The van der Waals surface area contributed by atoms with Crippen LogP contribution in [0.2, 0.25) is 0 Å². The molecule has 1 aliphatic heterocycles. The summed E-state index contributed by atoms with van der Waals surface area (Å²) in [6.45, 7) is 4.72. The van der Waals surface area contributed by atoms with Crippen molar-refractivity contribution in [1.29, 1.82) is 0 Å². The largest absolute Gasteiger partial charge is 0.337 e. The Bertz CT molecular complexity index is 162. The van der Waals surface area contributed by atoms with Gasteiger partial charge in [0.2, 0.25) is 0 Å². The highest BCUT2D eigenvalue weighted by atomic mass is 16.3. The number of hydrogen-bond donors (Lipinski definition) is 1. The first-order valence-electron chi connectivity index (χ1n) is 4.25. The predicted octanol–water partition coefficient (Wildman–Crippen LogP) is -0.374. The molecule has 0 aromatic rings. The average Bonchev–Trinajstić information content (AvgIpc) is 2.01. The first-order chi connectivity index (χ1) is 5.63. The van der Waals surface area contributed by atoms with E-state index in [4.69, 9.17) is 0 Å². The quantitative estimate of drug-likeness (QED) is 0.585. The van der Waals surface area contributed by atoms with E-state index in [-0.39, 0.29) is 5.91 Å². The first-order valence-corrected chi connectivity index (χ1v) is 4.25. The third kappa shape index (κ3) is 2.19. The van der Waals surface area contributed by atoms with Crippen LogP contribution in [0, 0.1) is 0 Å². The first kappa shape index (κ1) is 9.48. The Morgan fingerprint density at radius 3 is 2.33 bits per heavy atom. The van der Waals surface area contributed by atoms with E-state index >= 15 is 0 Å². The van der Waals surface area contributed by atoms with Crippen LogP contribution in [0.15, 0.2) is 0 Å². The monoisotopic (exact) mass is 171 g/mol. The van der Waals surface area contributed by atoms with E-state index in [1.165, 1.54) is 0 Å². The predicted molar refractivity (Wildman–Crippen MR) is 44.2 cm³/mol. The van der Waals surface area contributed by atoms with Crippen LogP contribution >= 0.6 is 0 Å². The number of nitrogens with one attached hydrogen (secondary N) is 1. The van der Waals surface area contributed by atoms with Crippen molar-refractivity contribution in [3.63, 3.8) is 0 Å². The number of carbonyl (C=O) groups excluding carboxylic acids is 1. The standard InChI is InChI=1S/C8H15N2O2/c1-6-3-10(8(12)5-11)4-7(2)9-6/h6-7,9H,3-5H2,1-2H3. The van der Waals surface area contributed by atoms with E-state index in [2.05, 4.69) is 5.32 Å². The zero-order valence-electron chi connectivity index (χ0n) is 7.54. The van der Waals surface area contributed by atoms with Gasteiger partial charge in [-0.05, 0) is 13.8 Å². The second-order valence-corrected chi connectivity index (χ2v) is 3.41. The Morgan fingerprint density at radius 1 is 1.42 bits per heavy atom. The van der Waals surface area contributed by atoms with Crippen molar-refractivity contribution in [2.45, 2.75) is 25.9 Å². The van der Waals surface area contributed by atoms with E-state index in [1.807, 2.05) is 13.8 Å². The van der Waals surface area contributed by atoms with Gasteiger partial charge in [-0.1, -0.05) is 0 Å². The molecular formula is C8H15N2O2. The van der Waals surface area contributed by atoms with Crippen molar-refractivity contribution in [1.82, 2.24) is 10.2 Å². The van der Waals surface area contributed by atoms with Gasteiger partial charge in [-0.2, -0.15) is 0 Å². The normalized spacial score (nSPS) is 30.4. The van der Waals surface area contributed by atoms with Crippen molar-refractivity contribution >= 4 is 5.91 Å². The molecule has 1 N–H and O–H groups in total. The van der Waals surface area contributed by atoms with E-state index in [0.29, 0.717) is 25.2 Å². The SMILES string of the molecule is CC1CN(C(=O)C[O])CC(C)N1. The van der Waals surface area contributed by atoms with Crippen LogP contribution < -0.4 is 5.32 Å². The lowest BCUT2D eigenvalue weighted by molar-refractivity contribution is -0.137. The fraction of sp³-hybridized carbons (Fsp3) is 0.875. The van der Waals surface area contributed by atoms with Gasteiger partial charge in [0.25, 0.3) is 5.91 Å². The third-order valence-corrected chi connectivity index (χ3v) is 2.03. The smallest absolute Gasteiger partial charge is 0.252 e. The number of nitrogens with zero attached hydrogens (tertiary/aromatic N) is 1. The van der Waals surface area contributed by atoms with Gasteiger partial charge in [0.1, 0.15) is 0 Å². The van der Waals surface area contributed by atoms with E-state index in [9.17, 15) is 9.90 Å². The number of carbonyl (C=O) groups is 1. The third-order valence-electron chi connectivity index (χ3n) is 2.03. The summed E-state index contributed by atoms with van der Waals surface area (Å²) in [4.78, 5) is 12.7. The second-order valence-electron chi connectivity index (χ2n) is 3.41. The minimum atomic E-state index is -0.626. The van der Waals surface area contributed by atoms with Crippen LogP contribution in [0.25, 0.3) is 0 Å². The summed E-state index contributed by atoms with van der Waals surface area (Å²) in [7, 11) is 0. The van der Waals surface area contributed by atoms with Gasteiger partial charge in [-0.25, -0.2) is 5.11 Å². The average molecular weight is 171 g/mol. The van der Waals surface area contributed by atoms with Gasteiger partial charge in [-0.15, -0.1) is 0 Å². The number of piperazine rings is 1. The minimum Gasteiger partial charge on any atom is -0.337 e. The van der Waals surface area contributed by atoms with E-state index < -0.39 is 6.61 Å². The Kier molecular flexibility index (Phi) is 3.05. The molecule has 1 rings (SSSR count). The number of rotatable bonds is 1. The minimum absolute atomic E-state index is 0.282. The molecule has 2 atom stereocenters. The van der Waals surface area contributed by atoms with Crippen molar-refractivity contribution in [3.05, 3.63) is 0 Å². The zero-order valence-corrected chi connectivity index (χ0v) is 7.54. The van der Waals surface area contributed by atoms with Gasteiger partial charge < -0.3 is 10.2 Å². The van der Waals surface area contributed by atoms with Crippen LogP contribution in [0.4, 0.5) is 0 Å². The topological polar surface area (TPSA) is 52.2 Å². The fourth-order valence-corrected chi connectivity index (χ4v) is 1.62. The summed E-state index contributed by atoms with van der Waals surface area (Å²) in [5.41, 5.74) is 0. The molecule has 0 aromatic carbocycles. The lowest BCUT2D eigenvalue weighted by atomic mass is 10.1. The number of hydrogen-bond acceptors (Lipinski definition) is 2. The molecule has 4 heteroatoms. The molecule has 12 heavy (non-hydrogen) atoms. The van der Waals surface area contributed by atoms with Crippen LogP contribution in [-0.4, -0.2) is 42.6 Å². The highest BCUT2D eigenvalue weighted by Gasteiger charge is 2.23. The summed E-state index contributed by atoms with van der Waals surface area (Å²) >= 11 is 0. The van der Waals surface area contributed by atoms with Crippen molar-refractivity contribution < 1.29 is 9.90 Å². The molecule has 0 aromatic heterocycles. The summed E-state index contributed by atoms with van der Waals surface area (Å²) in [6.07, 6.45) is 0. The van der Waals surface area contributed by atoms with E-state index in [1.54, 1.807) is 4.90 Å². The molecule has 0 aliphatic carbocycles. The summed E-state index contributed by atoms with van der Waals surface area (Å²) in [6, 6.07) is 0.591. The van der Waals surface area contributed by atoms with Crippen LogP contribution in [0.1, 0.15) is 13.8 Å². The molecule has 1 heterocycles. The second kappa shape index (κ2) is 3.87. The molecule has 1 saturated heterocycles. The summed E-state index contributed by atoms with van der Waals surface area (Å²) in [5, 5.41) is 13.6. The molecule has 69 valence electrons. The fourth-order valence-electron chi connectivity index (χ4n) is 1.62. The summed E-state index contributed by atoms with van der Waals surface area (Å²) in [5.74, 6) is -0.282. The van der Waals surface area contributed by atoms with Gasteiger partial charge in [0, 0.05) is 25.2 Å². The summed E-state index contributed by atoms with van der Waals surface area (Å²) < 4.78 is 0. The molecule has 4 nitrogen and oxygen atoms in total. The highest BCUT2D eigenvalue weighted by Crippen LogP contribution is 2.03. The molecule has 2 unspecified atom stereocenters. The van der Waals surface area contributed by atoms with Crippen molar-refractivity contribution in [3.8, 4) is 0 Å². The molecule has 1 aliphatic rings. The van der Waals surface area contributed by atoms with Crippen LogP contribution in [-0.2, 0) is 9.90 Å². The van der Waals surface area contributed by atoms with Crippen molar-refractivity contribution in [2.75, 3.05) is 19.7 Å². The lowest BCUT2D eigenvalue weighted by Crippen LogP contribution is -2.56. The van der Waals surface area contributed by atoms with Gasteiger partial charge in [0.15, 0.2) is 6.61 Å². The molecule has 1 fully saturated rings. The van der Waals surface area contributed by atoms with Crippen LogP contribution in [0.5, 0.6) is 0 Å². The van der Waals surface area contributed by atoms with Crippen molar-refractivity contribution in [2.24, 2.45) is 0 Å². The molecule has 1 amide bonds. The van der Waals surface area contributed by atoms with Gasteiger partial charge in [0.05, 0.1) is 0 Å². The molecule has 1 radical (unpaired) electrons. The molecule has 0 spiro atoms. The maximum atomic E-state index is 11.0. The van der Waals surface area contributed by atoms with E-state index in [0.717, 1.165) is 0 Å². The molecular weight excluding hydrogens is 156 g/mol. The molecule has 0 bridgehead atoms.